The van der Waals surface area contributed by atoms with Crippen LogP contribution in [-0.4, -0.2) is 61.2 Å². The molecule has 1 N–H and O–H groups in total. The van der Waals surface area contributed by atoms with Gasteiger partial charge in [0.15, 0.2) is 23.0 Å². The molecule has 0 saturated carbocycles. The lowest BCUT2D eigenvalue weighted by atomic mass is 9.98. The van der Waals surface area contributed by atoms with Crippen LogP contribution in [0.5, 0.6) is 23.0 Å². The van der Waals surface area contributed by atoms with Gasteiger partial charge in [-0.15, -0.1) is 0 Å². The highest BCUT2D eigenvalue weighted by atomic mass is 16.7. The maximum Gasteiger partial charge on any atom is 0.325 e. The van der Waals surface area contributed by atoms with Gasteiger partial charge in [0.2, 0.25) is 12.7 Å². The van der Waals surface area contributed by atoms with Crippen molar-refractivity contribution in [1.29, 1.82) is 0 Å². The molecule has 0 bridgehead atoms. The van der Waals surface area contributed by atoms with E-state index >= 15 is 0 Å². The zero-order chi connectivity index (χ0) is 23.8. The third-order valence-electron chi connectivity index (χ3n) is 6.33. The number of methoxy groups -OCH3 is 2. The predicted octanol–water partition coefficient (Wildman–Crippen LogP) is 1.83. The number of imide groups is 1. The number of carbonyl (C=O) groups is 3. The number of amides is 4. The number of fused-ring (bicyclic) bond motifs is 2. The second-order valence-corrected chi connectivity index (χ2v) is 8.36. The molecule has 0 unspecified atom stereocenters. The highest BCUT2D eigenvalue weighted by Crippen LogP contribution is 2.34. The SMILES string of the molecule is COc1cc2c(cc1OC)CN(C(=O)C[C@@H]1NC(=O)N(Cc3ccc4c(c3)OCO4)C1=O)CC2. The number of nitrogens with one attached hydrogen (secondary N) is 1. The molecular weight excluding hydrogens is 442 g/mol. The fourth-order valence-corrected chi connectivity index (χ4v) is 4.49. The van der Waals surface area contributed by atoms with Crippen LogP contribution in [0.15, 0.2) is 30.3 Å². The molecule has 3 aliphatic rings. The van der Waals surface area contributed by atoms with Gasteiger partial charge in [-0.1, -0.05) is 6.07 Å². The fraction of sp³-hybridized carbons (Fsp3) is 0.375. The Bertz CT molecular complexity index is 1170. The van der Waals surface area contributed by atoms with Crippen molar-refractivity contribution in [2.24, 2.45) is 0 Å². The first-order valence-corrected chi connectivity index (χ1v) is 11.0. The minimum absolute atomic E-state index is 0.0880. The normalized spacial score (nSPS) is 18.6. The molecule has 4 amide bonds. The lowest BCUT2D eigenvalue weighted by molar-refractivity contribution is -0.136. The van der Waals surface area contributed by atoms with E-state index in [1.54, 1.807) is 37.3 Å². The average molecular weight is 467 g/mol. The number of nitrogens with zero attached hydrogens (tertiary/aromatic N) is 2. The van der Waals surface area contributed by atoms with E-state index in [1.165, 1.54) is 0 Å². The van der Waals surface area contributed by atoms with Crippen LogP contribution >= 0.6 is 0 Å². The summed E-state index contributed by atoms with van der Waals surface area (Å²) in [5.74, 6) is 1.86. The summed E-state index contributed by atoms with van der Waals surface area (Å²) in [5, 5.41) is 2.65. The van der Waals surface area contributed by atoms with Gasteiger partial charge >= 0.3 is 6.03 Å². The smallest absolute Gasteiger partial charge is 0.325 e. The van der Waals surface area contributed by atoms with E-state index in [1.807, 2.05) is 12.1 Å². The summed E-state index contributed by atoms with van der Waals surface area (Å²) in [4.78, 5) is 41.2. The summed E-state index contributed by atoms with van der Waals surface area (Å²) >= 11 is 0. The molecule has 2 aromatic rings. The number of urea groups is 1. The Labute approximate surface area is 196 Å². The minimum Gasteiger partial charge on any atom is -0.493 e. The Hall–Kier alpha value is -3.95. The van der Waals surface area contributed by atoms with E-state index in [2.05, 4.69) is 5.32 Å². The first-order chi connectivity index (χ1) is 16.5. The molecule has 1 saturated heterocycles. The van der Waals surface area contributed by atoms with Crippen LogP contribution in [0, 0.1) is 0 Å². The van der Waals surface area contributed by atoms with Gasteiger partial charge in [0.25, 0.3) is 5.91 Å². The molecule has 10 heteroatoms. The van der Waals surface area contributed by atoms with Gasteiger partial charge in [0, 0.05) is 13.1 Å². The lowest BCUT2D eigenvalue weighted by Gasteiger charge is -2.30. The lowest BCUT2D eigenvalue weighted by Crippen LogP contribution is -2.41. The predicted molar refractivity (Wildman–Crippen MR) is 119 cm³/mol. The molecule has 0 aromatic heterocycles. The van der Waals surface area contributed by atoms with Crippen LogP contribution in [0.1, 0.15) is 23.1 Å². The summed E-state index contributed by atoms with van der Waals surface area (Å²) < 4.78 is 21.4. The Morgan fingerprint density at radius 3 is 2.56 bits per heavy atom. The molecule has 3 aliphatic heterocycles. The number of carbonyl (C=O) groups excluding carboxylic acids is 3. The molecule has 178 valence electrons. The van der Waals surface area contributed by atoms with Gasteiger partial charge in [-0.25, -0.2) is 4.79 Å². The maximum absolute atomic E-state index is 13.0. The van der Waals surface area contributed by atoms with Crippen molar-refractivity contribution in [3.05, 3.63) is 47.0 Å². The van der Waals surface area contributed by atoms with Crippen molar-refractivity contribution in [3.8, 4) is 23.0 Å². The third-order valence-corrected chi connectivity index (χ3v) is 6.33. The summed E-state index contributed by atoms with van der Waals surface area (Å²) in [6.45, 7) is 1.17. The van der Waals surface area contributed by atoms with E-state index in [0.29, 0.717) is 42.5 Å². The quantitative estimate of drug-likeness (QED) is 0.646. The molecule has 10 nitrogen and oxygen atoms in total. The third kappa shape index (κ3) is 3.95. The maximum atomic E-state index is 13.0. The highest BCUT2D eigenvalue weighted by Gasteiger charge is 2.40. The van der Waals surface area contributed by atoms with Gasteiger partial charge < -0.3 is 29.2 Å². The number of ether oxygens (including phenoxy) is 4. The van der Waals surface area contributed by atoms with E-state index in [-0.39, 0.29) is 25.7 Å². The van der Waals surface area contributed by atoms with Gasteiger partial charge in [-0.05, 0) is 47.4 Å². The van der Waals surface area contributed by atoms with Crippen molar-refractivity contribution < 1.29 is 33.3 Å². The first-order valence-electron chi connectivity index (χ1n) is 11.0. The van der Waals surface area contributed by atoms with E-state index in [9.17, 15) is 14.4 Å². The molecule has 3 heterocycles. The van der Waals surface area contributed by atoms with Crippen LogP contribution in [0.25, 0.3) is 0 Å². The monoisotopic (exact) mass is 467 g/mol. The molecule has 0 spiro atoms. The van der Waals surface area contributed by atoms with Crippen molar-refractivity contribution in [2.75, 3.05) is 27.6 Å². The summed E-state index contributed by atoms with van der Waals surface area (Å²) in [7, 11) is 3.16. The zero-order valence-electron chi connectivity index (χ0n) is 19.0. The number of benzene rings is 2. The van der Waals surface area contributed by atoms with Crippen LogP contribution in [-0.2, 0) is 29.1 Å². The summed E-state index contributed by atoms with van der Waals surface area (Å²) in [6, 6.07) is 7.68. The van der Waals surface area contributed by atoms with Crippen molar-refractivity contribution in [3.63, 3.8) is 0 Å². The van der Waals surface area contributed by atoms with Crippen LogP contribution < -0.4 is 24.3 Å². The fourth-order valence-electron chi connectivity index (χ4n) is 4.49. The standard InChI is InChI=1S/C24H25N3O7/c1-31-19-8-15-5-6-26(12-16(15)9-20(19)32-2)22(28)10-17-23(29)27(24(30)25-17)11-14-3-4-18-21(7-14)34-13-33-18/h3-4,7-9,17H,5-6,10-13H2,1-2H3,(H,25,30)/t17-/m0/s1. The number of hydrogen-bond donors (Lipinski definition) is 1. The Kier molecular flexibility index (Phi) is 5.64. The van der Waals surface area contributed by atoms with E-state index in [4.69, 9.17) is 18.9 Å². The van der Waals surface area contributed by atoms with Gasteiger partial charge in [0.05, 0.1) is 27.2 Å². The molecule has 5 rings (SSSR count). The molecule has 2 aromatic carbocycles. The minimum atomic E-state index is -0.888. The molecule has 0 radical (unpaired) electrons. The summed E-state index contributed by atoms with van der Waals surface area (Å²) in [6.07, 6.45) is 0.577. The second kappa shape index (κ2) is 8.77. The molecule has 0 aliphatic carbocycles. The van der Waals surface area contributed by atoms with Crippen LogP contribution in [0.3, 0.4) is 0 Å². The van der Waals surface area contributed by atoms with Crippen molar-refractivity contribution in [1.82, 2.24) is 15.1 Å². The molecule has 34 heavy (non-hydrogen) atoms. The van der Waals surface area contributed by atoms with Gasteiger partial charge in [0.1, 0.15) is 6.04 Å². The summed E-state index contributed by atoms with van der Waals surface area (Å²) in [5.41, 5.74) is 2.81. The zero-order valence-corrected chi connectivity index (χ0v) is 19.0. The highest BCUT2D eigenvalue weighted by molar-refractivity contribution is 6.05. The topological polar surface area (TPSA) is 107 Å². The molecule has 1 atom stereocenters. The molecule has 1 fully saturated rings. The van der Waals surface area contributed by atoms with E-state index < -0.39 is 18.0 Å². The van der Waals surface area contributed by atoms with Crippen molar-refractivity contribution >= 4 is 17.8 Å². The second-order valence-electron chi connectivity index (χ2n) is 8.36. The van der Waals surface area contributed by atoms with Crippen LogP contribution in [0.2, 0.25) is 0 Å². The average Bonchev–Trinajstić information content (AvgIpc) is 3.42. The Morgan fingerprint density at radius 1 is 1.06 bits per heavy atom. The Balaban J connectivity index is 1.23. The number of rotatable bonds is 6. The van der Waals surface area contributed by atoms with E-state index in [0.717, 1.165) is 21.6 Å². The number of hydrogen-bond acceptors (Lipinski definition) is 7. The van der Waals surface area contributed by atoms with Crippen molar-refractivity contribution in [2.45, 2.75) is 32.0 Å². The van der Waals surface area contributed by atoms with Gasteiger partial charge in [-0.3, -0.25) is 14.5 Å². The molecular formula is C24H25N3O7. The Morgan fingerprint density at radius 2 is 1.79 bits per heavy atom. The first kappa shape index (κ1) is 21.9. The largest absolute Gasteiger partial charge is 0.493 e. The van der Waals surface area contributed by atoms with Crippen LogP contribution in [0.4, 0.5) is 4.79 Å². The van der Waals surface area contributed by atoms with Gasteiger partial charge in [-0.2, -0.15) is 0 Å².